The fourth-order valence-corrected chi connectivity index (χ4v) is 4.15. The van der Waals surface area contributed by atoms with E-state index in [1.165, 1.54) is 23.8 Å². The Morgan fingerprint density at radius 1 is 1.18 bits per heavy atom. The maximum absolute atomic E-state index is 14.2. The van der Waals surface area contributed by atoms with Crippen molar-refractivity contribution < 1.29 is 13.7 Å². The molecule has 1 aliphatic heterocycles. The number of hydrogen-bond donors (Lipinski definition) is 0. The van der Waals surface area contributed by atoms with Crippen LogP contribution in [-0.4, -0.2) is 31.6 Å². The fraction of sp³-hybridized carbons (Fsp3) is 0.435. The van der Waals surface area contributed by atoms with Gasteiger partial charge in [-0.3, -0.25) is 13.9 Å². The second-order valence-electron chi connectivity index (χ2n) is 8.00. The van der Waals surface area contributed by atoms with Crippen LogP contribution in [0.4, 0.5) is 10.2 Å². The molecule has 0 atom stereocenters. The van der Waals surface area contributed by atoms with Crippen molar-refractivity contribution in [2.45, 2.75) is 58.5 Å². The van der Waals surface area contributed by atoms with Gasteiger partial charge in [0.15, 0.2) is 5.82 Å². The monoisotopic (exact) mass is 489 g/mol. The highest BCUT2D eigenvalue weighted by atomic mass is 35.5. The first kappa shape index (κ1) is 23.9. The van der Waals surface area contributed by atoms with Crippen LogP contribution in [0.25, 0.3) is 11.5 Å². The van der Waals surface area contributed by atoms with E-state index in [4.69, 9.17) is 20.9 Å². The van der Waals surface area contributed by atoms with Crippen molar-refractivity contribution in [1.82, 2.24) is 19.3 Å². The normalized spacial score (nSPS) is 12.6. The summed E-state index contributed by atoms with van der Waals surface area (Å²) in [5, 5.41) is 4.23. The SMILES string of the molecule is CCCCn1c2c(c(=O)n(CCCCc3noc(-c4c(F)cccc4OC)n3)c1=O)CC(Cl)=N2. The number of fused-ring (bicyclic) bond motifs is 1. The average molecular weight is 490 g/mol. The maximum Gasteiger partial charge on any atom is 0.332 e. The molecule has 180 valence electrons. The Bertz CT molecular complexity index is 1340. The van der Waals surface area contributed by atoms with Gasteiger partial charge < -0.3 is 9.26 Å². The van der Waals surface area contributed by atoms with Gasteiger partial charge in [-0.25, -0.2) is 14.2 Å². The molecule has 0 amide bonds. The Labute approximate surface area is 199 Å². The molecule has 2 aromatic heterocycles. The van der Waals surface area contributed by atoms with Gasteiger partial charge in [0.05, 0.1) is 12.7 Å². The molecule has 34 heavy (non-hydrogen) atoms. The molecule has 0 saturated heterocycles. The Hall–Kier alpha value is -3.27. The van der Waals surface area contributed by atoms with Crippen LogP contribution >= 0.6 is 11.6 Å². The molecule has 0 spiro atoms. The summed E-state index contributed by atoms with van der Waals surface area (Å²) >= 11 is 6.06. The topological polar surface area (TPSA) is 105 Å². The van der Waals surface area contributed by atoms with E-state index in [9.17, 15) is 14.0 Å². The van der Waals surface area contributed by atoms with Gasteiger partial charge >= 0.3 is 5.69 Å². The fourth-order valence-electron chi connectivity index (χ4n) is 3.93. The third-order valence-corrected chi connectivity index (χ3v) is 5.90. The molecular weight excluding hydrogens is 465 g/mol. The van der Waals surface area contributed by atoms with Crippen molar-refractivity contribution in [3.05, 3.63) is 56.2 Å². The van der Waals surface area contributed by atoms with E-state index in [1.54, 1.807) is 10.6 Å². The second kappa shape index (κ2) is 10.3. The predicted molar refractivity (Wildman–Crippen MR) is 126 cm³/mol. The van der Waals surface area contributed by atoms with Crippen LogP contribution in [-0.2, 0) is 25.9 Å². The van der Waals surface area contributed by atoms with E-state index in [0.29, 0.717) is 53.9 Å². The Kier molecular flexibility index (Phi) is 7.26. The first-order valence-electron chi connectivity index (χ1n) is 11.2. The van der Waals surface area contributed by atoms with Crippen molar-refractivity contribution in [2.75, 3.05) is 7.11 Å². The third-order valence-electron chi connectivity index (χ3n) is 5.69. The number of methoxy groups -OCH3 is 1. The summed E-state index contributed by atoms with van der Waals surface area (Å²) < 4.78 is 27.5. The summed E-state index contributed by atoms with van der Waals surface area (Å²) in [5.41, 5.74) is -0.147. The molecule has 1 aliphatic rings. The summed E-state index contributed by atoms with van der Waals surface area (Å²) in [5.74, 6) is 0.605. The number of aliphatic imine (C=N–C) groups is 1. The van der Waals surface area contributed by atoms with Gasteiger partial charge in [0, 0.05) is 25.9 Å². The summed E-state index contributed by atoms with van der Waals surface area (Å²) in [6, 6.07) is 4.44. The highest BCUT2D eigenvalue weighted by Crippen LogP contribution is 2.31. The molecule has 0 radical (unpaired) electrons. The van der Waals surface area contributed by atoms with E-state index < -0.39 is 5.82 Å². The molecule has 0 aliphatic carbocycles. The van der Waals surface area contributed by atoms with Gasteiger partial charge in [-0.1, -0.05) is 36.2 Å². The quantitative estimate of drug-likeness (QED) is 0.400. The largest absolute Gasteiger partial charge is 0.496 e. The van der Waals surface area contributed by atoms with Gasteiger partial charge in [-0.05, 0) is 31.4 Å². The lowest BCUT2D eigenvalue weighted by atomic mass is 10.2. The number of nitrogens with zero attached hydrogens (tertiary/aromatic N) is 5. The molecular formula is C23H25ClFN5O4. The van der Waals surface area contributed by atoms with Gasteiger partial charge in [0.1, 0.15) is 28.1 Å². The molecule has 3 heterocycles. The van der Waals surface area contributed by atoms with E-state index in [2.05, 4.69) is 15.1 Å². The lowest BCUT2D eigenvalue weighted by Crippen LogP contribution is -2.41. The second-order valence-corrected chi connectivity index (χ2v) is 8.44. The average Bonchev–Trinajstić information content (AvgIpc) is 3.44. The van der Waals surface area contributed by atoms with Gasteiger partial charge in [0.25, 0.3) is 11.4 Å². The van der Waals surface area contributed by atoms with Crippen LogP contribution in [0.3, 0.4) is 0 Å². The number of aromatic nitrogens is 4. The standard InChI is InChI=1S/C23H25ClFN5O4/c1-3-4-11-29-20-14(13-17(24)26-20)22(31)30(23(29)32)12-6-5-10-18-27-21(34-28-18)19-15(25)8-7-9-16(19)33-2/h7-9H,3-6,10-13H2,1-2H3. The molecule has 0 bridgehead atoms. The first-order valence-corrected chi connectivity index (χ1v) is 11.6. The molecule has 1 aromatic carbocycles. The molecule has 4 rings (SSSR count). The number of halogens is 2. The minimum absolute atomic E-state index is 0.0375. The first-order chi connectivity index (χ1) is 16.4. The van der Waals surface area contributed by atoms with Crippen LogP contribution in [0.2, 0.25) is 0 Å². The summed E-state index contributed by atoms with van der Waals surface area (Å²) in [6.45, 7) is 2.76. The number of ether oxygens (including phenoxy) is 1. The van der Waals surface area contributed by atoms with Crippen molar-refractivity contribution in [3.63, 3.8) is 0 Å². The van der Waals surface area contributed by atoms with Crippen molar-refractivity contribution in [1.29, 1.82) is 0 Å². The minimum atomic E-state index is -0.519. The Morgan fingerprint density at radius 2 is 1.97 bits per heavy atom. The third kappa shape index (κ3) is 4.68. The van der Waals surface area contributed by atoms with Crippen molar-refractivity contribution in [3.8, 4) is 17.2 Å². The molecule has 0 fully saturated rings. The predicted octanol–water partition coefficient (Wildman–Crippen LogP) is 3.86. The molecule has 9 nitrogen and oxygen atoms in total. The van der Waals surface area contributed by atoms with Gasteiger partial charge in [-0.15, -0.1) is 0 Å². The molecule has 3 aromatic rings. The Balaban J connectivity index is 1.45. The summed E-state index contributed by atoms with van der Waals surface area (Å²) in [4.78, 5) is 34.4. The zero-order chi connectivity index (χ0) is 24.2. The zero-order valence-electron chi connectivity index (χ0n) is 19.0. The summed E-state index contributed by atoms with van der Waals surface area (Å²) in [6.07, 6.45) is 3.53. The lowest BCUT2D eigenvalue weighted by molar-refractivity contribution is 0.397. The highest BCUT2D eigenvalue weighted by molar-refractivity contribution is 6.66. The Morgan fingerprint density at radius 3 is 2.74 bits per heavy atom. The summed E-state index contributed by atoms with van der Waals surface area (Å²) in [7, 11) is 1.44. The van der Waals surface area contributed by atoms with E-state index >= 15 is 0 Å². The van der Waals surface area contributed by atoms with Crippen LogP contribution in [0.5, 0.6) is 5.75 Å². The van der Waals surface area contributed by atoms with E-state index in [-0.39, 0.29) is 35.7 Å². The van der Waals surface area contributed by atoms with Crippen LogP contribution in [0.15, 0.2) is 37.3 Å². The van der Waals surface area contributed by atoms with Crippen LogP contribution < -0.4 is 16.0 Å². The van der Waals surface area contributed by atoms with Crippen molar-refractivity contribution in [2.24, 2.45) is 4.99 Å². The minimum Gasteiger partial charge on any atom is -0.496 e. The number of unbranched alkanes of at least 4 members (excludes halogenated alkanes) is 2. The molecule has 0 N–H and O–H groups in total. The van der Waals surface area contributed by atoms with E-state index in [1.807, 2.05) is 6.92 Å². The van der Waals surface area contributed by atoms with Gasteiger partial charge in [-0.2, -0.15) is 4.98 Å². The highest BCUT2D eigenvalue weighted by Gasteiger charge is 2.24. The zero-order valence-corrected chi connectivity index (χ0v) is 19.8. The lowest BCUT2D eigenvalue weighted by Gasteiger charge is -2.13. The molecule has 11 heteroatoms. The number of benzene rings is 1. The number of rotatable bonds is 10. The van der Waals surface area contributed by atoms with E-state index in [0.717, 1.165) is 12.8 Å². The van der Waals surface area contributed by atoms with Crippen LogP contribution in [0.1, 0.15) is 44.0 Å². The maximum atomic E-state index is 14.2. The molecule has 0 saturated carbocycles. The number of hydrogen-bond acceptors (Lipinski definition) is 7. The van der Waals surface area contributed by atoms with Crippen molar-refractivity contribution >= 4 is 22.6 Å². The number of aryl methyl sites for hydroxylation is 1. The smallest absolute Gasteiger partial charge is 0.332 e. The van der Waals surface area contributed by atoms with Gasteiger partial charge in [0.2, 0.25) is 0 Å². The molecule has 0 unspecified atom stereocenters. The van der Waals surface area contributed by atoms with Crippen LogP contribution in [0, 0.1) is 5.82 Å².